The zero-order valence-corrected chi connectivity index (χ0v) is 9.80. The van der Waals surface area contributed by atoms with E-state index in [4.69, 9.17) is 16.3 Å². The minimum absolute atomic E-state index is 0.360. The van der Waals surface area contributed by atoms with Crippen molar-refractivity contribution in [3.8, 4) is 5.75 Å². The Balaban J connectivity index is 2.96. The van der Waals surface area contributed by atoms with Gasteiger partial charge in [0.15, 0.2) is 0 Å². The Kier molecular flexibility index (Phi) is 3.78. The molecule has 0 saturated heterocycles. The largest absolute Gasteiger partial charge is 0.495 e. The van der Waals surface area contributed by atoms with Gasteiger partial charge in [-0.2, -0.15) is 0 Å². The molecule has 0 saturated carbocycles. The molecule has 0 fully saturated rings. The first kappa shape index (κ1) is 11.3. The summed E-state index contributed by atoms with van der Waals surface area (Å²) in [6.45, 7) is 2.14. The van der Waals surface area contributed by atoms with Crippen LogP contribution >= 0.6 is 11.6 Å². The molecule has 0 radical (unpaired) electrons. The summed E-state index contributed by atoms with van der Waals surface area (Å²) >= 11 is 6.03. The summed E-state index contributed by atoms with van der Waals surface area (Å²) in [7, 11) is 5.71. The van der Waals surface area contributed by atoms with E-state index in [1.165, 1.54) is 5.56 Å². The molecule has 2 nitrogen and oxygen atoms in total. The fourth-order valence-electron chi connectivity index (χ4n) is 1.24. The van der Waals surface area contributed by atoms with E-state index in [9.17, 15) is 0 Å². The number of ether oxygens (including phenoxy) is 1. The summed E-state index contributed by atoms with van der Waals surface area (Å²) in [5.74, 6) is 0.723. The lowest BCUT2D eigenvalue weighted by atomic mass is 10.1. The van der Waals surface area contributed by atoms with E-state index in [0.717, 1.165) is 5.75 Å². The second-order valence-electron chi connectivity index (χ2n) is 3.53. The fourth-order valence-corrected chi connectivity index (χ4v) is 1.51. The van der Waals surface area contributed by atoms with Crippen LogP contribution in [0.4, 0.5) is 0 Å². The summed E-state index contributed by atoms with van der Waals surface area (Å²) in [5, 5.41) is 0.665. The van der Waals surface area contributed by atoms with Crippen LogP contribution in [0.2, 0.25) is 5.02 Å². The minimum Gasteiger partial charge on any atom is -0.495 e. The van der Waals surface area contributed by atoms with E-state index < -0.39 is 0 Å². The smallest absolute Gasteiger partial charge is 0.137 e. The van der Waals surface area contributed by atoms with Crippen molar-refractivity contribution in [2.45, 2.75) is 13.0 Å². The van der Waals surface area contributed by atoms with Crippen LogP contribution in [0, 0.1) is 0 Å². The van der Waals surface area contributed by atoms with Gasteiger partial charge in [0.1, 0.15) is 5.75 Å². The van der Waals surface area contributed by atoms with Crippen LogP contribution in [-0.2, 0) is 0 Å². The van der Waals surface area contributed by atoms with Crippen LogP contribution in [0.5, 0.6) is 5.75 Å². The Hall–Kier alpha value is -0.730. The van der Waals surface area contributed by atoms with Gasteiger partial charge < -0.3 is 9.64 Å². The Morgan fingerprint density at radius 2 is 2.00 bits per heavy atom. The third-order valence-electron chi connectivity index (χ3n) is 2.43. The van der Waals surface area contributed by atoms with Gasteiger partial charge in [0.2, 0.25) is 0 Å². The van der Waals surface area contributed by atoms with Gasteiger partial charge in [0, 0.05) is 6.04 Å². The third kappa shape index (κ3) is 2.40. The normalized spacial score (nSPS) is 13.0. The van der Waals surface area contributed by atoms with Crippen LogP contribution < -0.4 is 4.74 Å². The average Bonchev–Trinajstić information content (AvgIpc) is 2.16. The zero-order valence-electron chi connectivity index (χ0n) is 9.04. The molecule has 1 unspecified atom stereocenters. The molecule has 0 aromatic heterocycles. The Bertz CT molecular complexity index is 312. The number of hydrogen-bond donors (Lipinski definition) is 0. The molecule has 0 N–H and O–H groups in total. The molecular formula is C11H16ClNO. The number of halogens is 1. The molecule has 0 aliphatic carbocycles. The van der Waals surface area contributed by atoms with Crippen LogP contribution in [-0.4, -0.2) is 26.1 Å². The lowest BCUT2D eigenvalue weighted by Crippen LogP contribution is -2.16. The van der Waals surface area contributed by atoms with E-state index in [-0.39, 0.29) is 0 Å². The summed E-state index contributed by atoms with van der Waals surface area (Å²) < 4.78 is 5.09. The molecule has 0 bridgehead atoms. The van der Waals surface area contributed by atoms with Crippen LogP contribution in [0.3, 0.4) is 0 Å². The number of nitrogens with zero attached hydrogens (tertiary/aromatic N) is 1. The predicted molar refractivity (Wildman–Crippen MR) is 60.1 cm³/mol. The van der Waals surface area contributed by atoms with E-state index >= 15 is 0 Å². The first-order valence-corrected chi connectivity index (χ1v) is 4.94. The molecule has 0 aliphatic rings. The van der Waals surface area contributed by atoms with Crippen molar-refractivity contribution >= 4 is 11.6 Å². The van der Waals surface area contributed by atoms with Crippen molar-refractivity contribution in [1.82, 2.24) is 4.90 Å². The molecular weight excluding hydrogens is 198 g/mol. The molecule has 0 spiro atoms. The van der Waals surface area contributed by atoms with Crippen molar-refractivity contribution in [2.24, 2.45) is 0 Å². The Labute approximate surface area is 90.4 Å². The Morgan fingerprint density at radius 1 is 1.36 bits per heavy atom. The molecule has 3 heteroatoms. The quantitative estimate of drug-likeness (QED) is 0.766. The minimum atomic E-state index is 0.360. The van der Waals surface area contributed by atoms with E-state index in [0.29, 0.717) is 11.1 Å². The van der Waals surface area contributed by atoms with Crippen LogP contribution in [0.1, 0.15) is 18.5 Å². The monoisotopic (exact) mass is 213 g/mol. The van der Waals surface area contributed by atoms with E-state index in [2.05, 4.69) is 11.8 Å². The molecule has 0 aliphatic heterocycles. The van der Waals surface area contributed by atoms with E-state index in [1.807, 2.05) is 32.3 Å². The summed E-state index contributed by atoms with van der Waals surface area (Å²) in [6.07, 6.45) is 0. The first-order valence-electron chi connectivity index (χ1n) is 4.56. The van der Waals surface area contributed by atoms with Gasteiger partial charge in [-0.25, -0.2) is 0 Å². The number of methoxy groups -OCH3 is 1. The van der Waals surface area contributed by atoms with Crippen LogP contribution in [0.15, 0.2) is 18.2 Å². The maximum atomic E-state index is 6.03. The fraction of sp³-hybridized carbons (Fsp3) is 0.455. The maximum Gasteiger partial charge on any atom is 0.137 e. The van der Waals surface area contributed by atoms with Gasteiger partial charge in [-0.1, -0.05) is 17.7 Å². The highest BCUT2D eigenvalue weighted by Crippen LogP contribution is 2.28. The highest BCUT2D eigenvalue weighted by molar-refractivity contribution is 6.32. The molecule has 1 aromatic rings. The van der Waals surface area contributed by atoms with Gasteiger partial charge >= 0.3 is 0 Å². The molecule has 0 heterocycles. The highest BCUT2D eigenvalue weighted by Gasteiger charge is 2.09. The zero-order chi connectivity index (χ0) is 10.7. The topological polar surface area (TPSA) is 12.5 Å². The lowest BCUT2D eigenvalue weighted by Gasteiger charge is -2.20. The summed E-state index contributed by atoms with van der Waals surface area (Å²) in [6, 6.07) is 6.25. The second-order valence-corrected chi connectivity index (χ2v) is 3.94. The summed E-state index contributed by atoms with van der Waals surface area (Å²) in [4.78, 5) is 2.14. The molecule has 1 atom stereocenters. The summed E-state index contributed by atoms with van der Waals surface area (Å²) in [5.41, 5.74) is 1.20. The second kappa shape index (κ2) is 4.67. The van der Waals surface area contributed by atoms with Crippen molar-refractivity contribution in [3.63, 3.8) is 0 Å². The molecule has 78 valence electrons. The van der Waals surface area contributed by atoms with Crippen molar-refractivity contribution in [1.29, 1.82) is 0 Å². The van der Waals surface area contributed by atoms with E-state index in [1.54, 1.807) is 7.11 Å². The van der Waals surface area contributed by atoms with Gasteiger partial charge in [0.05, 0.1) is 12.1 Å². The van der Waals surface area contributed by atoms with Gasteiger partial charge in [-0.05, 0) is 38.7 Å². The predicted octanol–water partition coefficient (Wildman–Crippen LogP) is 2.97. The molecule has 0 amide bonds. The lowest BCUT2D eigenvalue weighted by molar-refractivity contribution is 0.321. The third-order valence-corrected chi connectivity index (χ3v) is 2.73. The Morgan fingerprint density at radius 3 is 2.43 bits per heavy atom. The SMILES string of the molecule is COc1ccc(C(C)N(C)C)cc1Cl. The van der Waals surface area contributed by atoms with Crippen molar-refractivity contribution < 1.29 is 4.74 Å². The van der Waals surface area contributed by atoms with Gasteiger partial charge in [0.25, 0.3) is 0 Å². The van der Waals surface area contributed by atoms with Crippen molar-refractivity contribution in [2.75, 3.05) is 21.2 Å². The number of benzene rings is 1. The van der Waals surface area contributed by atoms with Gasteiger partial charge in [-0.3, -0.25) is 0 Å². The van der Waals surface area contributed by atoms with Crippen molar-refractivity contribution in [3.05, 3.63) is 28.8 Å². The maximum absolute atomic E-state index is 6.03. The van der Waals surface area contributed by atoms with Gasteiger partial charge in [-0.15, -0.1) is 0 Å². The molecule has 14 heavy (non-hydrogen) atoms. The highest BCUT2D eigenvalue weighted by atomic mass is 35.5. The number of hydrogen-bond acceptors (Lipinski definition) is 2. The average molecular weight is 214 g/mol. The first-order chi connectivity index (χ1) is 6.56. The number of rotatable bonds is 3. The molecule has 1 aromatic carbocycles. The standard InChI is InChI=1S/C11H16ClNO/c1-8(13(2)3)9-5-6-11(14-4)10(12)7-9/h5-8H,1-4H3. The molecule has 1 rings (SSSR count). The van der Waals surface area contributed by atoms with Crippen LogP contribution in [0.25, 0.3) is 0 Å².